The number of nitrogens with zero attached hydrogens (tertiary/aromatic N) is 3. The molecule has 8 aromatic carbocycles. The van der Waals surface area contributed by atoms with Crippen molar-refractivity contribution in [2.24, 2.45) is 7.05 Å². The standard InChI is InChI=1S/C49H33N3/c1-50-44-22-8-5-20-39(44)42-31-49-43(30-47(42)50)40-21-7-10-24-46(40)52(49)37-25-26-41-38-19-6-9-23-45(38)51(48(41)29-37)36-18-12-17-35(28-36)34-16-11-15-33(27-34)32-13-3-2-4-14-32/h2-31H,1H3. The molecule has 0 aliphatic carbocycles. The normalized spacial score (nSPS) is 11.9. The van der Waals surface area contributed by atoms with E-state index in [0.29, 0.717) is 0 Å². The fourth-order valence-corrected chi connectivity index (χ4v) is 8.61. The van der Waals surface area contributed by atoms with E-state index in [-0.39, 0.29) is 0 Å². The summed E-state index contributed by atoms with van der Waals surface area (Å²) < 4.78 is 7.22. The first-order valence-corrected chi connectivity index (χ1v) is 17.9. The van der Waals surface area contributed by atoms with Crippen LogP contribution in [0.3, 0.4) is 0 Å². The molecule has 0 saturated carbocycles. The van der Waals surface area contributed by atoms with Crippen molar-refractivity contribution in [3.05, 3.63) is 182 Å². The number of aromatic nitrogens is 3. The number of hydrogen-bond acceptors (Lipinski definition) is 0. The molecule has 0 amide bonds. The highest BCUT2D eigenvalue weighted by Gasteiger charge is 2.19. The Labute approximate surface area is 300 Å². The summed E-state index contributed by atoms with van der Waals surface area (Å²) in [6, 6.07) is 66.6. The van der Waals surface area contributed by atoms with Gasteiger partial charge in [0.05, 0.1) is 22.1 Å². The molecule has 0 N–H and O–H groups in total. The first-order valence-electron chi connectivity index (χ1n) is 17.9. The molecular formula is C49H33N3. The van der Waals surface area contributed by atoms with Crippen LogP contribution in [0.25, 0.3) is 99.0 Å². The average Bonchev–Trinajstić information content (AvgIpc) is 3.82. The quantitative estimate of drug-likeness (QED) is 0.178. The van der Waals surface area contributed by atoms with Gasteiger partial charge in [0, 0.05) is 61.8 Å². The van der Waals surface area contributed by atoms with Gasteiger partial charge in [0.1, 0.15) is 0 Å². The number of hydrogen-bond donors (Lipinski definition) is 0. The smallest absolute Gasteiger partial charge is 0.0561 e. The number of para-hydroxylation sites is 3. The molecule has 0 fully saturated rings. The Morgan fingerprint density at radius 3 is 1.46 bits per heavy atom. The lowest BCUT2D eigenvalue weighted by Crippen LogP contribution is -1.97. The summed E-state index contributed by atoms with van der Waals surface area (Å²) in [5, 5.41) is 7.57. The highest BCUT2D eigenvalue weighted by atomic mass is 15.0. The number of aryl methyl sites for hydroxylation is 1. The Morgan fingerprint density at radius 2 is 0.731 bits per heavy atom. The second-order valence-corrected chi connectivity index (χ2v) is 13.9. The molecule has 244 valence electrons. The van der Waals surface area contributed by atoms with Crippen molar-refractivity contribution in [2.45, 2.75) is 0 Å². The van der Waals surface area contributed by atoms with E-state index >= 15 is 0 Å². The van der Waals surface area contributed by atoms with Crippen molar-refractivity contribution in [1.82, 2.24) is 13.7 Å². The van der Waals surface area contributed by atoms with Crippen LogP contribution >= 0.6 is 0 Å². The predicted octanol–water partition coefficient (Wildman–Crippen LogP) is 12.9. The molecule has 0 aliphatic rings. The van der Waals surface area contributed by atoms with E-state index in [1.165, 1.54) is 87.7 Å². The molecule has 3 heterocycles. The van der Waals surface area contributed by atoms with E-state index in [0.717, 1.165) is 11.4 Å². The van der Waals surface area contributed by atoms with Crippen molar-refractivity contribution < 1.29 is 0 Å². The molecule has 0 unspecified atom stereocenters. The van der Waals surface area contributed by atoms with Crippen LogP contribution in [0.15, 0.2) is 182 Å². The molecule has 11 rings (SSSR count). The molecule has 3 nitrogen and oxygen atoms in total. The maximum atomic E-state index is 2.46. The molecule has 0 saturated heterocycles. The van der Waals surface area contributed by atoms with Crippen molar-refractivity contribution in [3.63, 3.8) is 0 Å². The van der Waals surface area contributed by atoms with Crippen molar-refractivity contribution >= 4 is 65.4 Å². The summed E-state index contributed by atoms with van der Waals surface area (Å²) in [7, 11) is 2.18. The fraction of sp³-hybridized carbons (Fsp3) is 0.0204. The van der Waals surface area contributed by atoms with Gasteiger partial charge in [-0.25, -0.2) is 0 Å². The number of benzene rings is 8. The largest absolute Gasteiger partial charge is 0.344 e. The molecule has 3 heteroatoms. The fourth-order valence-electron chi connectivity index (χ4n) is 8.61. The lowest BCUT2D eigenvalue weighted by Gasteiger charge is -2.13. The van der Waals surface area contributed by atoms with Crippen molar-refractivity contribution in [1.29, 1.82) is 0 Å². The van der Waals surface area contributed by atoms with E-state index in [2.05, 4.69) is 203 Å². The Morgan fingerprint density at radius 1 is 0.269 bits per heavy atom. The van der Waals surface area contributed by atoms with Gasteiger partial charge >= 0.3 is 0 Å². The third-order valence-electron chi connectivity index (χ3n) is 11.0. The predicted molar refractivity (Wildman–Crippen MR) is 220 cm³/mol. The molecular weight excluding hydrogens is 631 g/mol. The molecule has 11 aromatic rings. The monoisotopic (exact) mass is 663 g/mol. The Balaban J connectivity index is 1.15. The van der Waals surface area contributed by atoms with Gasteiger partial charge in [0.15, 0.2) is 0 Å². The van der Waals surface area contributed by atoms with Crippen LogP contribution in [0.2, 0.25) is 0 Å². The molecule has 0 atom stereocenters. The SMILES string of the molecule is Cn1c2ccccc2c2cc3c(cc21)c1ccccc1n3-c1ccc2c3ccccc3n(-c3cccc(-c4cccc(-c5ccccc5)c4)c3)c2c1. The van der Waals surface area contributed by atoms with Gasteiger partial charge in [0.25, 0.3) is 0 Å². The minimum atomic E-state index is 1.14. The number of fused-ring (bicyclic) bond motifs is 9. The van der Waals surface area contributed by atoms with Crippen LogP contribution in [0.5, 0.6) is 0 Å². The van der Waals surface area contributed by atoms with Crippen LogP contribution in [0.1, 0.15) is 0 Å². The Kier molecular flexibility index (Phi) is 6.17. The summed E-state index contributed by atoms with van der Waals surface area (Å²) in [5.74, 6) is 0. The van der Waals surface area contributed by atoms with E-state index < -0.39 is 0 Å². The van der Waals surface area contributed by atoms with Gasteiger partial charge in [-0.3, -0.25) is 0 Å². The van der Waals surface area contributed by atoms with E-state index in [1.807, 2.05) is 0 Å². The van der Waals surface area contributed by atoms with Gasteiger partial charge < -0.3 is 13.7 Å². The summed E-state index contributed by atoms with van der Waals surface area (Å²) in [6.07, 6.45) is 0. The van der Waals surface area contributed by atoms with Gasteiger partial charge in [-0.1, -0.05) is 121 Å². The number of rotatable bonds is 4. The second kappa shape index (κ2) is 11.1. The van der Waals surface area contributed by atoms with Gasteiger partial charge in [-0.05, 0) is 82.9 Å². The summed E-state index contributed by atoms with van der Waals surface area (Å²) >= 11 is 0. The zero-order chi connectivity index (χ0) is 34.3. The highest BCUT2D eigenvalue weighted by molar-refractivity contribution is 6.18. The van der Waals surface area contributed by atoms with Crippen LogP contribution < -0.4 is 0 Å². The van der Waals surface area contributed by atoms with Gasteiger partial charge in [-0.2, -0.15) is 0 Å². The molecule has 0 aliphatic heterocycles. The topological polar surface area (TPSA) is 14.8 Å². The zero-order valence-corrected chi connectivity index (χ0v) is 28.7. The van der Waals surface area contributed by atoms with Crippen LogP contribution in [0, 0.1) is 0 Å². The van der Waals surface area contributed by atoms with Crippen molar-refractivity contribution in [3.8, 4) is 33.6 Å². The minimum absolute atomic E-state index is 1.14. The maximum Gasteiger partial charge on any atom is 0.0561 e. The van der Waals surface area contributed by atoms with Gasteiger partial charge in [0.2, 0.25) is 0 Å². The summed E-state index contributed by atoms with van der Waals surface area (Å²) in [4.78, 5) is 0. The Bertz CT molecular complexity index is 3190. The van der Waals surface area contributed by atoms with Gasteiger partial charge in [-0.15, -0.1) is 0 Å². The Hall–Kier alpha value is -6.84. The van der Waals surface area contributed by atoms with Crippen molar-refractivity contribution in [2.75, 3.05) is 0 Å². The molecule has 0 bridgehead atoms. The van der Waals surface area contributed by atoms with E-state index in [4.69, 9.17) is 0 Å². The second-order valence-electron chi connectivity index (χ2n) is 13.9. The van der Waals surface area contributed by atoms with Crippen LogP contribution in [-0.4, -0.2) is 13.7 Å². The lowest BCUT2D eigenvalue weighted by atomic mass is 9.99. The molecule has 0 spiro atoms. The lowest BCUT2D eigenvalue weighted by molar-refractivity contribution is 1.02. The van der Waals surface area contributed by atoms with Crippen LogP contribution in [-0.2, 0) is 7.05 Å². The highest BCUT2D eigenvalue weighted by Crippen LogP contribution is 2.40. The first-order chi connectivity index (χ1) is 25.7. The molecule has 3 aromatic heterocycles. The maximum absolute atomic E-state index is 2.46. The third kappa shape index (κ3) is 4.20. The summed E-state index contributed by atoms with van der Waals surface area (Å²) in [5.41, 5.74) is 14.4. The van der Waals surface area contributed by atoms with Crippen LogP contribution in [0.4, 0.5) is 0 Å². The molecule has 52 heavy (non-hydrogen) atoms. The zero-order valence-electron chi connectivity index (χ0n) is 28.7. The first kappa shape index (κ1) is 28.9. The average molecular weight is 664 g/mol. The minimum Gasteiger partial charge on any atom is -0.344 e. The molecule has 0 radical (unpaired) electrons. The summed E-state index contributed by atoms with van der Waals surface area (Å²) in [6.45, 7) is 0. The van der Waals surface area contributed by atoms with E-state index in [9.17, 15) is 0 Å². The third-order valence-corrected chi connectivity index (χ3v) is 11.0. The van der Waals surface area contributed by atoms with E-state index in [1.54, 1.807) is 0 Å².